The molecule has 2 aliphatic heterocycles. The van der Waals surface area contributed by atoms with E-state index in [-0.39, 0.29) is 17.4 Å². The van der Waals surface area contributed by atoms with Gasteiger partial charge in [0, 0.05) is 22.9 Å². The molecule has 0 aromatic heterocycles. The minimum Gasteiger partial charge on any atom is -0.482 e. The van der Waals surface area contributed by atoms with E-state index in [1.54, 1.807) is 6.07 Å². The van der Waals surface area contributed by atoms with Crippen LogP contribution in [-0.2, 0) is 16.6 Å². The minimum absolute atomic E-state index is 0.254. The number of carbonyl (C=O) groups excluding carboxylic acids is 1. The van der Waals surface area contributed by atoms with Crippen LogP contribution in [0.2, 0.25) is 0 Å². The number of ether oxygens (including phenoxy) is 2. The Hall–Kier alpha value is -1.93. The van der Waals surface area contributed by atoms with Crippen LogP contribution >= 0.6 is 0 Å². The third-order valence-electron chi connectivity index (χ3n) is 6.84. The number of likely N-dealkylation sites (tertiary alicyclic amines) is 1. The zero-order valence-electron chi connectivity index (χ0n) is 15.2. The van der Waals surface area contributed by atoms with Crippen molar-refractivity contribution in [3.05, 3.63) is 35.4 Å². The van der Waals surface area contributed by atoms with Gasteiger partial charge in [-0.3, -0.25) is 0 Å². The highest BCUT2D eigenvalue weighted by molar-refractivity contribution is 5.79. The molecule has 27 heavy (non-hydrogen) atoms. The average Bonchev–Trinajstić information content (AvgIpc) is 3.02. The largest absolute Gasteiger partial charge is 0.482 e. The molecule has 0 amide bonds. The Morgan fingerprint density at radius 1 is 1.48 bits per heavy atom. The van der Waals surface area contributed by atoms with Gasteiger partial charge < -0.3 is 30.3 Å². The maximum atomic E-state index is 12.1. The van der Waals surface area contributed by atoms with E-state index in [2.05, 4.69) is 18.0 Å². The summed E-state index contributed by atoms with van der Waals surface area (Å²) in [6.45, 7) is 0.450. The quantitative estimate of drug-likeness (QED) is 0.381. The molecule has 1 aromatic carbocycles. The van der Waals surface area contributed by atoms with E-state index in [1.165, 1.54) is 5.56 Å². The predicted molar refractivity (Wildman–Crippen MR) is 96.6 cm³/mol. The number of hydrogen-bond acceptors (Lipinski definition) is 7. The summed E-state index contributed by atoms with van der Waals surface area (Å²) in [7, 11) is 2.15. The summed E-state index contributed by atoms with van der Waals surface area (Å²) >= 11 is 0. The first-order chi connectivity index (χ1) is 13.0. The fourth-order valence-corrected chi connectivity index (χ4v) is 5.57. The molecule has 1 fully saturated rings. The van der Waals surface area contributed by atoms with Gasteiger partial charge in [-0.05, 0) is 38.1 Å². The molecule has 7 heteroatoms. The first-order valence-corrected chi connectivity index (χ1v) is 9.45. The van der Waals surface area contributed by atoms with Crippen LogP contribution in [0.1, 0.15) is 17.5 Å². The molecule has 6 atom stereocenters. The molecular formula is C20H24N2O5. The van der Waals surface area contributed by atoms with Crippen molar-refractivity contribution in [3.8, 4) is 11.5 Å². The molecule has 5 rings (SSSR count). The molecule has 1 aromatic rings. The number of carbonyl (C=O) groups is 1. The summed E-state index contributed by atoms with van der Waals surface area (Å²) in [6, 6.07) is 3.00. The Morgan fingerprint density at radius 3 is 3.07 bits per heavy atom. The molecule has 1 saturated heterocycles. The van der Waals surface area contributed by atoms with Crippen LogP contribution in [0.3, 0.4) is 0 Å². The summed E-state index contributed by atoms with van der Waals surface area (Å²) in [5.74, 6) is 0.419. The Morgan fingerprint density at radius 2 is 2.30 bits per heavy atom. The number of likely N-dealkylation sites (N-methyl/N-ethyl adjacent to an activating group) is 1. The van der Waals surface area contributed by atoms with Crippen molar-refractivity contribution in [1.29, 1.82) is 0 Å². The third kappa shape index (κ3) is 2.14. The molecule has 4 N–H and O–H groups in total. The predicted octanol–water partition coefficient (Wildman–Crippen LogP) is -0.282. The van der Waals surface area contributed by atoms with Crippen LogP contribution in [-0.4, -0.2) is 65.6 Å². The van der Waals surface area contributed by atoms with E-state index in [4.69, 9.17) is 20.3 Å². The third-order valence-corrected chi connectivity index (χ3v) is 6.84. The maximum Gasteiger partial charge on any atom is 0.330 e. The number of nitrogens with two attached hydrogens (primary N) is 1. The Bertz CT molecular complexity index is 840. The van der Waals surface area contributed by atoms with E-state index in [9.17, 15) is 9.90 Å². The van der Waals surface area contributed by atoms with E-state index < -0.39 is 24.7 Å². The molecule has 2 bridgehead atoms. The van der Waals surface area contributed by atoms with Crippen molar-refractivity contribution in [3.63, 3.8) is 0 Å². The molecule has 4 aliphatic rings. The molecular weight excluding hydrogens is 348 g/mol. The topological polar surface area (TPSA) is 105 Å². The summed E-state index contributed by atoms with van der Waals surface area (Å²) in [4.78, 5) is 14.5. The number of rotatable bonds is 3. The van der Waals surface area contributed by atoms with Crippen LogP contribution in [0.5, 0.6) is 11.5 Å². The average molecular weight is 372 g/mol. The van der Waals surface area contributed by atoms with Crippen LogP contribution in [0.15, 0.2) is 24.3 Å². The normalized spacial score (nSPS) is 36.7. The molecule has 2 heterocycles. The van der Waals surface area contributed by atoms with Gasteiger partial charge in [-0.15, -0.1) is 0 Å². The van der Waals surface area contributed by atoms with E-state index in [0.29, 0.717) is 17.5 Å². The number of nitrogens with zero attached hydrogens (tertiary/aromatic N) is 1. The van der Waals surface area contributed by atoms with E-state index in [1.807, 2.05) is 12.1 Å². The van der Waals surface area contributed by atoms with Gasteiger partial charge in [-0.25, -0.2) is 4.79 Å². The highest BCUT2D eigenvalue weighted by Gasteiger charge is 2.64. The second-order valence-electron chi connectivity index (χ2n) is 8.12. The number of aliphatic hydroxyl groups is 2. The van der Waals surface area contributed by atoms with Gasteiger partial charge in [0.2, 0.25) is 0 Å². The fourth-order valence-electron chi connectivity index (χ4n) is 5.57. The lowest BCUT2D eigenvalue weighted by molar-refractivity contribution is -0.136. The number of hydrogen-bond donors (Lipinski definition) is 3. The highest BCUT2D eigenvalue weighted by atomic mass is 16.6. The second kappa shape index (κ2) is 5.78. The zero-order valence-corrected chi connectivity index (χ0v) is 15.2. The zero-order chi connectivity index (χ0) is 18.9. The SMILES string of the molecule is CN1CC[C@]23c4c5ccc(OC(=O)[C@@H](N)CO)c4O[C@H]2[C@@H](O)C=C[C@H]3[C@H]1C5. The lowest BCUT2D eigenvalue weighted by atomic mass is 9.53. The smallest absolute Gasteiger partial charge is 0.330 e. The van der Waals surface area contributed by atoms with Gasteiger partial charge in [-0.2, -0.15) is 0 Å². The second-order valence-corrected chi connectivity index (χ2v) is 8.12. The van der Waals surface area contributed by atoms with Crippen molar-refractivity contribution in [1.82, 2.24) is 4.90 Å². The monoisotopic (exact) mass is 372 g/mol. The van der Waals surface area contributed by atoms with Gasteiger partial charge in [0.05, 0.1) is 6.61 Å². The number of aliphatic hydroxyl groups excluding tert-OH is 2. The molecule has 2 aliphatic carbocycles. The standard InChI is InChI=1S/C20H24N2O5/c1-22-7-6-20-11-3-4-14(24)18(20)27-17-15(26-19(25)12(21)9-23)5-2-10(16(17)20)8-13(11)22/h2-5,11-14,18,23-24H,6-9,21H2,1H3/t11-,12-,13+,14-,18-,20-/m0/s1. The number of esters is 1. The van der Waals surface area contributed by atoms with Gasteiger partial charge in [0.1, 0.15) is 18.2 Å². The minimum atomic E-state index is -1.09. The summed E-state index contributed by atoms with van der Waals surface area (Å²) in [5, 5.41) is 19.8. The van der Waals surface area contributed by atoms with Gasteiger partial charge >= 0.3 is 5.97 Å². The molecule has 0 radical (unpaired) electrons. The van der Waals surface area contributed by atoms with Crippen molar-refractivity contribution in [2.24, 2.45) is 11.7 Å². The van der Waals surface area contributed by atoms with E-state index in [0.717, 1.165) is 24.9 Å². The summed E-state index contributed by atoms with van der Waals surface area (Å²) < 4.78 is 11.7. The molecule has 0 saturated carbocycles. The van der Waals surface area contributed by atoms with Crippen LogP contribution < -0.4 is 15.2 Å². The van der Waals surface area contributed by atoms with Crippen molar-refractivity contribution in [2.45, 2.75) is 42.5 Å². The van der Waals surface area contributed by atoms with Crippen LogP contribution in [0.25, 0.3) is 0 Å². The van der Waals surface area contributed by atoms with Gasteiger partial charge in [-0.1, -0.05) is 18.2 Å². The molecule has 144 valence electrons. The first kappa shape index (κ1) is 17.2. The fraction of sp³-hybridized carbons (Fsp3) is 0.550. The molecule has 1 spiro atoms. The van der Waals surface area contributed by atoms with Gasteiger partial charge in [0.25, 0.3) is 0 Å². The van der Waals surface area contributed by atoms with Crippen molar-refractivity contribution in [2.75, 3.05) is 20.2 Å². The van der Waals surface area contributed by atoms with Gasteiger partial charge in [0.15, 0.2) is 11.5 Å². The summed E-state index contributed by atoms with van der Waals surface area (Å²) in [5.41, 5.74) is 7.56. The Balaban J connectivity index is 1.65. The van der Waals surface area contributed by atoms with Crippen LogP contribution in [0.4, 0.5) is 0 Å². The summed E-state index contributed by atoms with van der Waals surface area (Å²) in [6.07, 6.45) is 4.67. The lowest BCUT2D eigenvalue weighted by Crippen LogP contribution is -2.64. The molecule has 0 unspecified atom stereocenters. The Kier molecular flexibility index (Phi) is 3.68. The Labute approximate surface area is 157 Å². The maximum absolute atomic E-state index is 12.1. The number of benzene rings is 1. The highest BCUT2D eigenvalue weighted by Crippen LogP contribution is 2.62. The van der Waals surface area contributed by atoms with Crippen LogP contribution in [0, 0.1) is 5.92 Å². The first-order valence-electron chi connectivity index (χ1n) is 9.45. The van der Waals surface area contributed by atoms with Crippen molar-refractivity contribution >= 4 is 5.97 Å². The van der Waals surface area contributed by atoms with E-state index >= 15 is 0 Å². The van der Waals surface area contributed by atoms with Crippen molar-refractivity contribution < 1.29 is 24.5 Å². The molecule has 7 nitrogen and oxygen atoms in total. The number of piperidine rings is 1. The lowest BCUT2D eigenvalue weighted by Gasteiger charge is -2.56.